The number of likely N-dealkylation sites (tertiary alicyclic amines) is 1. The van der Waals surface area contributed by atoms with E-state index in [-0.39, 0.29) is 11.9 Å². The minimum atomic E-state index is 0.158. The first-order valence-electron chi connectivity index (χ1n) is 7.83. The molecule has 0 N–H and O–H groups in total. The Morgan fingerprint density at radius 3 is 2.50 bits per heavy atom. The third-order valence-corrected chi connectivity index (χ3v) is 5.33. The van der Waals surface area contributed by atoms with Crippen molar-refractivity contribution in [3.8, 4) is 0 Å². The lowest BCUT2D eigenvalue weighted by molar-refractivity contribution is -0.130. The zero-order valence-electron chi connectivity index (χ0n) is 13.3. The van der Waals surface area contributed by atoms with Crippen LogP contribution in [0.1, 0.15) is 32.3 Å². The second kappa shape index (κ2) is 8.53. The van der Waals surface area contributed by atoms with E-state index in [4.69, 9.17) is 12.2 Å². The van der Waals surface area contributed by atoms with Crippen molar-refractivity contribution in [3.05, 3.63) is 35.9 Å². The van der Waals surface area contributed by atoms with Gasteiger partial charge in [0, 0.05) is 25.7 Å². The summed E-state index contributed by atoms with van der Waals surface area (Å²) in [5.41, 5.74) is 1.16. The maximum absolute atomic E-state index is 12.5. The summed E-state index contributed by atoms with van der Waals surface area (Å²) in [6, 6.07) is 10.3. The molecule has 0 unspecified atom stereocenters. The zero-order chi connectivity index (χ0) is 15.9. The van der Waals surface area contributed by atoms with Crippen LogP contribution in [0.3, 0.4) is 0 Å². The van der Waals surface area contributed by atoms with Gasteiger partial charge in [-0.2, -0.15) is 0 Å². The zero-order valence-corrected chi connectivity index (χ0v) is 15.0. The molecule has 3 nitrogen and oxygen atoms in total. The fraction of sp³-hybridized carbons (Fsp3) is 0.529. The predicted octanol–water partition coefficient (Wildman–Crippen LogP) is 3.54. The molecule has 1 saturated heterocycles. The van der Waals surface area contributed by atoms with Crippen molar-refractivity contribution in [3.63, 3.8) is 0 Å². The third kappa shape index (κ3) is 4.99. The van der Waals surface area contributed by atoms with Crippen LogP contribution in [0.2, 0.25) is 0 Å². The molecule has 2 rings (SSSR count). The summed E-state index contributed by atoms with van der Waals surface area (Å²) in [7, 11) is 0. The fourth-order valence-electron chi connectivity index (χ4n) is 2.54. The van der Waals surface area contributed by atoms with Crippen molar-refractivity contribution in [2.24, 2.45) is 0 Å². The van der Waals surface area contributed by atoms with Gasteiger partial charge in [-0.3, -0.25) is 4.79 Å². The molecule has 0 aliphatic carbocycles. The Hall–Kier alpha value is -1.07. The Kier molecular flexibility index (Phi) is 6.70. The lowest BCUT2D eigenvalue weighted by atomic mass is 10.2. The van der Waals surface area contributed by atoms with E-state index in [1.165, 1.54) is 24.6 Å². The van der Waals surface area contributed by atoms with Crippen molar-refractivity contribution >= 4 is 34.2 Å². The lowest BCUT2D eigenvalue weighted by Crippen LogP contribution is -2.38. The number of amides is 1. The second-order valence-electron chi connectivity index (χ2n) is 5.85. The molecule has 1 amide bonds. The number of rotatable bonds is 5. The standard InChI is InChI=1S/C17H24N2OS2/c1-14(2)19(12-15-8-4-3-5-9-15)16(20)13-22-17(21)18-10-6-7-11-18/h3-5,8-9,14H,6-7,10-13H2,1-2H3. The largest absolute Gasteiger partial charge is 0.358 e. The van der Waals surface area contributed by atoms with Gasteiger partial charge in [0.2, 0.25) is 5.91 Å². The van der Waals surface area contributed by atoms with Gasteiger partial charge in [0.05, 0.1) is 5.75 Å². The van der Waals surface area contributed by atoms with E-state index in [1.54, 1.807) is 0 Å². The van der Waals surface area contributed by atoms with Gasteiger partial charge in [-0.15, -0.1) is 0 Å². The number of hydrogen-bond acceptors (Lipinski definition) is 3. The Morgan fingerprint density at radius 2 is 1.91 bits per heavy atom. The summed E-state index contributed by atoms with van der Waals surface area (Å²) >= 11 is 6.94. The van der Waals surface area contributed by atoms with E-state index in [2.05, 4.69) is 30.9 Å². The Balaban J connectivity index is 1.88. The SMILES string of the molecule is CC(C)N(Cc1ccccc1)C(=O)CSC(=S)N1CCCC1. The van der Waals surface area contributed by atoms with Gasteiger partial charge < -0.3 is 9.80 Å². The van der Waals surface area contributed by atoms with Gasteiger partial charge in [-0.05, 0) is 32.3 Å². The first-order chi connectivity index (χ1) is 10.6. The van der Waals surface area contributed by atoms with E-state index in [0.717, 1.165) is 23.0 Å². The average molecular weight is 337 g/mol. The Bertz CT molecular complexity index is 499. The number of thioether (sulfide) groups is 1. The lowest BCUT2D eigenvalue weighted by Gasteiger charge is -2.27. The number of thiocarbonyl (C=S) groups is 1. The van der Waals surface area contributed by atoms with Crippen LogP contribution in [0.5, 0.6) is 0 Å². The Labute approximate surface area is 143 Å². The molecular formula is C17H24N2OS2. The molecule has 1 aromatic rings. The average Bonchev–Trinajstić information content (AvgIpc) is 3.05. The Morgan fingerprint density at radius 1 is 1.27 bits per heavy atom. The van der Waals surface area contributed by atoms with Crippen LogP contribution < -0.4 is 0 Å². The van der Waals surface area contributed by atoms with Crippen LogP contribution in [0.25, 0.3) is 0 Å². The normalized spacial score (nSPS) is 14.4. The smallest absolute Gasteiger partial charge is 0.233 e. The highest BCUT2D eigenvalue weighted by Crippen LogP contribution is 2.18. The molecule has 5 heteroatoms. The van der Waals surface area contributed by atoms with Crippen LogP contribution in [0.4, 0.5) is 0 Å². The van der Waals surface area contributed by atoms with Crippen molar-refractivity contribution < 1.29 is 4.79 Å². The molecule has 1 aromatic carbocycles. The van der Waals surface area contributed by atoms with Crippen molar-refractivity contribution in [2.75, 3.05) is 18.8 Å². The molecule has 22 heavy (non-hydrogen) atoms. The molecular weight excluding hydrogens is 312 g/mol. The molecule has 0 atom stereocenters. The number of nitrogens with zero attached hydrogens (tertiary/aromatic N) is 2. The van der Waals surface area contributed by atoms with Gasteiger partial charge >= 0.3 is 0 Å². The molecule has 0 bridgehead atoms. The summed E-state index contributed by atoms with van der Waals surface area (Å²) in [4.78, 5) is 16.7. The summed E-state index contributed by atoms with van der Waals surface area (Å²) in [5, 5.41) is 0. The molecule has 0 radical (unpaired) electrons. The van der Waals surface area contributed by atoms with Crippen LogP contribution in [0, 0.1) is 0 Å². The summed E-state index contributed by atoms with van der Waals surface area (Å²) in [6.07, 6.45) is 2.42. The van der Waals surface area contributed by atoms with Crippen LogP contribution in [0.15, 0.2) is 30.3 Å². The van der Waals surface area contributed by atoms with E-state index in [0.29, 0.717) is 12.3 Å². The van der Waals surface area contributed by atoms with E-state index >= 15 is 0 Å². The second-order valence-corrected chi connectivity index (χ2v) is 7.46. The molecule has 0 aromatic heterocycles. The highest BCUT2D eigenvalue weighted by Gasteiger charge is 2.20. The number of hydrogen-bond donors (Lipinski definition) is 0. The van der Waals surface area contributed by atoms with Gasteiger partial charge in [-0.25, -0.2) is 0 Å². The molecule has 1 aliphatic rings. The van der Waals surface area contributed by atoms with Crippen molar-refractivity contribution in [1.82, 2.24) is 9.80 Å². The molecule has 0 spiro atoms. The first-order valence-corrected chi connectivity index (χ1v) is 9.22. The monoisotopic (exact) mass is 336 g/mol. The minimum absolute atomic E-state index is 0.158. The topological polar surface area (TPSA) is 23.6 Å². The molecule has 1 heterocycles. The number of carbonyl (C=O) groups is 1. The van der Waals surface area contributed by atoms with Crippen LogP contribution >= 0.6 is 24.0 Å². The summed E-state index contributed by atoms with van der Waals surface area (Å²) < 4.78 is 0.870. The molecule has 0 saturated carbocycles. The van der Waals surface area contributed by atoms with E-state index in [1.807, 2.05) is 23.1 Å². The van der Waals surface area contributed by atoms with Gasteiger partial charge in [0.15, 0.2) is 0 Å². The highest BCUT2D eigenvalue weighted by molar-refractivity contribution is 8.23. The minimum Gasteiger partial charge on any atom is -0.358 e. The fourth-order valence-corrected chi connectivity index (χ4v) is 3.67. The van der Waals surface area contributed by atoms with Gasteiger partial charge in [0.1, 0.15) is 4.32 Å². The van der Waals surface area contributed by atoms with Crippen LogP contribution in [-0.2, 0) is 11.3 Å². The first kappa shape index (κ1) is 17.3. The van der Waals surface area contributed by atoms with Crippen molar-refractivity contribution in [2.45, 2.75) is 39.3 Å². The molecule has 120 valence electrons. The van der Waals surface area contributed by atoms with Crippen LogP contribution in [-0.4, -0.2) is 44.9 Å². The maximum atomic E-state index is 12.5. The number of benzene rings is 1. The van der Waals surface area contributed by atoms with Gasteiger partial charge in [-0.1, -0.05) is 54.3 Å². The molecule has 1 aliphatic heterocycles. The summed E-state index contributed by atoms with van der Waals surface area (Å²) in [5.74, 6) is 0.589. The van der Waals surface area contributed by atoms with E-state index < -0.39 is 0 Å². The highest BCUT2D eigenvalue weighted by atomic mass is 32.2. The summed E-state index contributed by atoms with van der Waals surface area (Å²) in [6.45, 7) is 6.86. The maximum Gasteiger partial charge on any atom is 0.233 e. The third-order valence-electron chi connectivity index (χ3n) is 3.82. The number of carbonyl (C=O) groups excluding carboxylic acids is 1. The van der Waals surface area contributed by atoms with Crippen molar-refractivity contribution in [1.29, 1.82) is 0 Å². The molecule has 1 fully saturated rings. The van der Waals surface area contributed by atoms with E-state index in [9.17, 15) is 4.79 Å². The van der Waals surface area contributed by atoms with Gasteiger partial charge in [0.25, 0.3) is 0 Å². The quantitative estimate of drug-likeness (QED) is 0.768. The predicted molar refractivity (Wildman–Crippen MR) is 98.0 cm³/mol.